The van der Waals surface area contributed by atoms with E-state index in [1.54, 1.807) is 0 Å². The van der Waals surface area contributed by atoms with E-state index >= 15 is 0 Å². The summed E-state index contributed by atoms with van der Waals surface area (Å²) >= 11 is 0. The molecule has 18 heavy (non-hydrogen) atoms. The second-order valence-electron chi connectivity index (χ2n) is 4.42. The zero-order valence-corrected chi connectivity index (χ0v) is 10.6. The Labute approximate surface area is 108 Å². The van der Waals surface area contributed by atoms with Crippen LogP contribution in [0.2, 0.25) is 0 Å². The van der Waals surface area contributed by atoms with Crippen LogP contribution in [0, 0.1) is 0 Å². The predicted molar refractivity (Wildman–Crippen MR) is 76.8 cm³/mol. The first-order valence-electron chi connectivity index (χ1n) is 6.18. The fraction of sp³-hybridized carbons (Fsp3) is 0.188. The molecule has 2 aromatic carbocycles. The van der Waals surface area contributed by atoms with Gasteiger partial charge < -0.3 is 5.73 Å². The summed E-state index contributed by atoms with van der Waals surface area (Å²) in [5.41, 5.74) is 8.27. The van der Waals surface area contributed by atoms with Gasteiger partial charge in [0.25, 0.3) is 0 Å². The summed E-state index contributed by atoms with van der Waals surface area (Å²) in [4.78, 5) is 4.54. The maximum Gasteiger partial charge on any atom is 0.125 e. The highest BCUT2D eigenvalue weighted by Crippen LogP contribution is 2.07. The van der Waals surface area contributed by atoms with Crippen LogP contribution >= 0.6 is 0 Å². The third-order valence-electron chi connectivity index (χ3n) is 2.80. The Hall–Kier alpha value is -2.09. The highest BCUT2D eigenvalue weighted by molar-refractivity contribution is 5.97. The molecule has 0 aromatic heterocycles. The Morgan fingerprint density at radius 3 is 2.17 bits per heavy atom. The van der Waals surface area contributed by atoms with Gasteiger partial charge in [-0.25, -0.2) is 0 Å². The lowest BCUT2D eigenvalue weighted by Gasteiger charge is -2.08. The van der Waals surface area contributed by atoms with E-state index < -0.39 is 0 Å². The fourth-order valence-electron chi connectivity index (χ4n) is 1.92. The molecule has 0 heterocycles. The van der Waals surface area contributed by atoms with Gasteiger partial charge >= 0.3 is 0 Å². The number of benzene rings is 2. The molecule has 0 saturated carbocycles. The van der Waals surface area contributed by atoms with Crippen LogP contribution in [0.3, 0.4) is 0 Å². The number of aliphatic imine (C=N–C) groups is 1. The van der Waals surface area contributed by atoms with Crippen molar-refractivity contribution in [3.05, 3.63) is 71.8 Å². The van der Waals surface area contributed by atoms with Gasteiger partial charge in [0.05, 0.1) is 6.04 Å². The number of rotatable bonds is 4. The molecular formula is C16H18N2. The molecule has 0 spiro atoms. The van der Waals surface area contributed by atoms with Crippen LogP contribution in [0.25, 0.3) is 0 Å². The third-order valence-corrected chi connectivity index (χ3v) is 2.80. The second kappa shape index (κ2) is 6.01. The second-order valence-corrected chi connectivity index (χ2v) is 4.42. The van der Waals surface area contributed by atoms with Gasteiger partial charge in [0.2, 0.25) is 0 Å². The number of amidine groups is 1. The molecule has 0 bridgehead atoms. The largest absolute Gasteiger partial charge is 0.383 e. The highest BCUT2D eigenvalue weighted by Gasteiger charge is 2.03. The summed E-state index contributed by atoms with van der Waals surface area (Å²) in [6.07, 6.45) is 0.911. The normalized spacial score (nSPS) is 13.3. The lowest BCUT2D eigenvalue weighted by Crippen LogP contribution is -2.17. The highest BCUT2D eigenvalue weighted by atomic mass is 14.9. The van der Waals surface area contributed by atoms with Crippen molar-refractivity contribution in [1.29, 1.82) is 0 Å². The lowest BCUT2D eigenvalue weighted by atomic mass is 10.1. The van der Waals surface area contributed by atoms with Crippen molar-refractivity contribution >= 4 is 5.84 Å². The molecule has 0 amide bonds. The molecule has 0 saturated heterocycles. The molecule has 2 nitrogen and oxygen atoms in total. The first-order chi connectivity index (χ1) is 8.75. The third kappa shape index (κ3) is 3.45. The van der Waals surface area contributed by atoms with Crippen molar-refractivity contribution in [2.45, 2.75) is 19.4 Å². The minimum Gasteiger partial charge on any atom is -0.383 e. The first-order valence-corrected chi connectivity index (χ1v) is 6.18. The Kier molecular flexibility index (Phi) is 4.13. The van der Waals surface area contributed by atoms with Crippen molar-refractivity contribution < 1.29 is 0 Å². The minimum absolute atomic E-state index is 0.188. The molecule has 0 radical (unpaired) electrons. The van der Waals surface area contributed by atoms with Crippen molar-refractivity contribution in [2.24, 2.45) is 10.7 Å². The van der Waals surface area contributed by atoms with Gasteiger partial charge in [-0.05, 0) is 18.9 Å². The van der Waals surface area contributed by atoms with Crippen molar-refractivity contribution in [1.82, 2.24) is 0 Å². The molecule has 0 aliphatic heterocycles. The monoisotopic (exact) mass is 238 g/mol. The zero-order chi connectivity index (χ0) is 12.8. The van der Waals surface area contributed by atoms with E-state index in [1.807, 2.05) is 48.5 Å². The summed E-state index contributed by atoms with van der Waals surface area (Å²) in [5.74, 6) is 0.610. The summed E-state index contributed by atoms with van der Waals surface area (Å²) in [7, 11) is 0. The number of nitrogens with two attached hydrogens (primary N) is 1. The van der Waals surface area contributed by atoms with Crippen LogP contribution in [0.1, 0.15) is 18.1 Å². The van der Waals surface area contributed by atoms with Crippen LogP contribution < -0.4 is 5.73 Å². The zero-order valence-electron chi connectivity index (χ0n) is 10.6. The molecule has 1 atom stereocenters. The summed E-state index contributed by atoms with van der Waals surface area (Å²) in [6.45, 7) is 2.09. The molecule has 0 fully saturated rings. The van der Waals surface area contributed by atoms with E-state index in [2.05, 4.69) is 24.0 Å². The topological polar surface area (TPSA) is 38.4 Å². The Morgan fingerprint density at radius 2 is 1.56 bits per heavy atom. The van der Waals surface area contributed by atoms with Gasteiger partial charge in [-0.3, -0.25) is 4.99 Å². The average molecular weight is 238 g/mol. The number of hydrogen-bond donors (Lipinski definition) is 1. The molecule has 2 heteroatoms. The van der Waals surface area contributed by atoms with Crippen LogP contribution in [0.15, 0.2) is 65.7 Å². The minimum atomic E-state index is 0.188. The summed E-state index contributed by atoms with van der Waals surface area (Å²) in [6, 6.07) is 20.4. The smallest absolute Gasteiger partial charge is 0.125 e. The molecule has 0 aliphatic carbocycles. The van der Waals surface area contributed by atoms with Crippen molar-refractivity contribution in [2.75, 3.05) is 0 Å². The maximum absolute atomic E-state index is 6.00. The molecule has 2 aromatic rings. The van der Waals surface area contributed by atoms with E-state index in [4.69, 9.17) is 5.73 Å². The fourth-order valence-corrected chi connectivity index (χ4v) is 1.92. The molecule has 0 aliphatic rings. The standard InChI is InChI=1S/C16H18N2/c1-13(12-14-8-4-2-5-9-14)18-16(17)15-10-6-3-7-11-15/h2-11,13H,12H2,1H3,(H2,17,18). The molecule has 2 N–H and O–H groups in total. The SMILES string of the molecule is CC(Cc1ccccc1)N=C(N)c1ccccc1. The van der Waals surface area contributed by atoms with Crippen molar-refractivity contribution in [3.63, 3.8) is 0 Å². The quantitative estimate of drug-likeness (QED) is 0.645. The number of nitrogens with zero attached hydrogens (tertiary/aromatic N) is 1. The lowest BCUT2D eigenvalue weighted by molar-refractivity contribution is 0.739. The summed E-state index contributed by atoms with van der Waals surface area (Å²) in [5, 5.41) is 0. The van der Waals surface area contributed by atoms with E-state index in [0.717, 1.165) is 12.0 Å². The average Bonchev–Trinajstić information content (AvgIpc) is 2.40. The predicted octanol–water partition coefficient (Wildman–Crippen LogP) is 3.02. The van der Waals surface area contributed by atoms with Crippen LogP contribution in [0.5, 0.6) is 0 Å². The van der Waals surface area contributed by atoms with E-state index in [0.29, 0.717) is 5.84 Å². The molecular weight excluding hydrogens is 220 g/mol. The van der Waals surface area contributed by atoms with Gasteiger partial charge in [-0.1, -0.05) is 60.7 Å². The van der Waals surface area contributed by atoms with Gasteiger partial charge in [0, 0.05) is 5.56 Å². The van der Waals surface area contributed by atoms with Crippen molar-refractivity contribution in [3.8, 4) is 0 Å². The van der Waals surface area contributed by atoms with E-state index in [-0.39, 0.29) is 6.04 Å². The van der Waals surface area contributed by atoms with E-state index in [1.165, 1.54) is 5.56 Å². The van der Waals surface area contributed by atoms with Gasteiger partial charge in [-0.15, -0.1) is 0 Å². The Morgan fingerprint density at radius 1 is 1.00 bits per heavy atom. The van der Waals surface area contributed by atoms with Gasteiger partial charge in [-0.2, -0.15) is 0 Å². The van der Waals surface area contributed by atoms with Gasteiger partial charge in [0.1, 0.15) is 5.84 Å². The summed E-state index contributed by atoms with van der Waals surface area (Å²) < 4.78 is 0. The maximum atomic E-state index is 6.00. The molecule has 92 valence electrons. The molecule has 2 rings (SSSR count). The first kappa shape index (κ1) is 12.4. The van der Waals surface area contributed by atoms with E-state index in [9.17, 15) is 0 Å². The number of hydrogen-bond acceptors (Lipinski definition) is 1. The Bertz CT molecular complexity index is 503. The van der Waals surface area contributed by atoms with Crippen LogP contribution in [-0.4, -0.2) is 11.9 Å². The van der Waals surface area contributed by atoms with Gasteiger partial charge in [0.15, 0.2) is 0 Å². The van der Waals surface area contributed by atoms with Crippen LogP contribution in [0.4, 0.5) is 0 Å². The molecule has 1 unspecified atom stereocenters. The van der Waals surface area contributed by atoms with Crippen LogP contribution in [-0.2, 0) is 6.42 Å². The Balaban J connectivity index is 2.04.